The van der Waals surface area contributed by atoms with Gasteiger partial charge in [0.05, 0.1) is 5.56 Å². The highest BCUT2D eigenvalue weighted by Crippen LogP contribution is 2.39. The van der Waals surface area contributed by atoms with Crippen molar-refractivity contribution in [3.05, 3.63) is 85.1 Å². The van der Waals surface area contributed by atoms with E-state index in [2.05, 4.69) is 29.4 Å². The van der Waals surface area contributed by atoms with E-state index in [4.69, 9.17) is 23.2 Å². The average Bonchev–Trinajstić information content (AvgIpc) is 2.70. The van der Waals surface area contributed by atoms with Gasteiger partial charge >= 0.3 is 0 Å². The van der Waals surface area contributed by atoms with Gasteiger partial charge in [-0.05, 0) is 35.7 Å². The zero-order chi connectivity index (χ0) is 21.4. The molecule has 4 rings (SSSR count). The van der Waals surface area contributed by atoms with Crippen molar-refractivity contribution in [1.82, 2.24) is 9.55 Å². The molecule has 1 atom stereocenters. The van der Waals surface area contributed by atoms with Crippen LogP contribution in [0.2, 0.25) is 10.0 Å². The van der Waals surface area contributed by atoms with Crippen LogP contribution in [0.5, 0.6) is 0 Å². The minimum absolute atomic E-state index is 0.126. The molecular weight excluding hydrogens is 441 g/mol. The van der Waals surface area contributed by atoms with Gasteiger partial charge in [0.25, 0.3) is 5.56 Å². The second kappa shape index (κ2) is 8.46. The smallest absolute Gasteiger partial charge is 0.279 e. The summed E-state index contributed by atoms with van der Waals surface area (Å²) in [6.07, 6.45) is 0.126. The minimum atomic E-state index is -0.472. The first-order chi connectivity index (χ1) is 14.3. The molecule has 0 aliphatic carbocycles. The number of thioether (sulfide) groups is 1. The zero-order valence-electron chi connectivity index (χ0n) is 16.4. The van der Waals surface area contributed by atoms with Gasteiger partial charge < -0.3 is 9.88 Å². The van der Waals surface area contributed by atoms with Crippen molar-refractivity contribution in [1.29, 1.82) is 0 Å². The van der Waals surface area contributed by atoms with E-state index in [0.717, 1.165) is 0 Å². The SMILES string of the molecule is Cc1ccccc1CSc1nc(=O)c2c(n1C)NC(=O)CC2c1ccc(Cl)cc1Cl. The number of nitrogens with one attached hydrogen (secondary N) is 1. The summed E-state index contributed by atoms with van der Waals surface area (Å²) in [5.74, 6) is 0.496. The molecular formula is C22H19Cl2N3O2S. The molecule has 0 radical (unpaired) electrons. The van der Waals surface area contributed by atoms with Crippen molar-refractivity contribution in [3.63, 3.8) is 0 Å². The number of anilines is 1. The van der Waals surface area contributed by atoms with Crippen molar-refractivity contribution in [2.24, 2.45) is 7.05 Å². The maximum absolute atomic E-state index is 13.0. The second-order valence-corrected chi connectivity index (χ2v) is 8.99. The van der Waals surface area contributed by atoms with Crippen molar-refractivity contribution < 1.29 is 4.79 Å². The average molecular weight is 460 g/mol. The van der Waals surface area contributed by atoms with Gasteiger partial charge in [-0.15, -0.1) is 0 Å². The number of carbonyl (C=O) groups is 1. The van der Waals surface area contributed by atoms with Crippen LogP contribution in [0.15, 0.2) is 52.4 Å². The molecule has 0 spiro atoms. The quantitative estimate of drug-likeness (QED) is 0.432. The molecule has 0 bridgehead atoms. The Hall–Kier alpha value is -2.28. The minimum Gasteiger partial charge on any atom is -0.312 e. The molecule has 2 heterocycles. The van der Waals surface area contributed by atoms with Crippen LogP contribution in [0.3, 0.4) is 0 Å². The first kappa shape index (κ1) is 21.0. The lowest BCUT2D eigenvalue weighted by Gasteiger charge is -2.28. The Morgan fingerprint density at radius 3 is 2.70 bits per heavy atom. The largest absolute Gasteiger partial charge is 0.312 e. The molecule has 1 aliphatic rings. The first-order valence-electron chi connectivity index (χ1n) is 9.38. The van der Waals surface area contributed by atoms with Gasteiger partial charge in [0, 0.05) is 35.2 Å². The van der Waals surface area contributed by atoms with Gasteiger partial charge in [-0.25, -0.2) is 0 Å². The number of hydrogen-bond donors (Lipinski definition) is 1. The van der Waals surface area contributed by atoms with Crippen LogP contribution >= 0.6 is 35.0 Å². The Morgan fingerprint density at radius 1 is 1.20 bits per heavy atom. The Labute approximate surface area is 188 Å². The lowest BCUT2D eigenvalue weighted by molar-refractivity contribution is -0.116. The highest BCUT2D eigenvalue weighted by atomic mass is 35.5. The summed E-state index contributed by atoms with van der Waals surface area (Å²) in [7, 11) is 1.80. The van der Waals surface area contributed by atoms with Crippen molar-refractivity contribution in [2.75, 3.05) is 5.32 Å². The number of halogens is 2. The molecule has 0 fully saturated rings. The molecule has 1 aromatic heterocycles. The van der Waals surface area contributed by atoms with Gasteiger partial charge in [-0.2, -0.15) is 4.98 Å². The third kappa shape index (κ3) is 4.00. The Morgan fingerprint density at radius 2 is 1.97 bits per heavy atom. The van der Waals surface area contributed by atoms with Crippen LogP contribution in [0, 0.1) is 6.92 Å². The molecule has 154 valence electrons. The number of fused-ring (bicyclic) bond motifs is 1. The number of rotatable bonds is 4. The topological polar surface area (TPSA) is 64.0 Å². The van der Waals surface area contributed by atoms with Crippen molar-refractivity contribution in [2.45, 2.75) is 30.2 Å². The molecule has 2 aromatic carbocycles. The van der Waals surface area contributed by atoms with Crippen LogP contribution in [0.25, 0.3) is 0 Å². The van der Waals surface area contributed by atoms with E-state index in [1.165, 1.54) is 22.9 Å². The molecule has 1 amide bonds. The van der Waals surface area contributed by atoms with Gasteiger partial charge in [0.1, 0.15) is 5.82 Å². The molecule has 8 heteroatoms. The standard InChI is InChI=1S/C22H19Cl2N3O2S/c1-12-5-3-4-6-13(12)11-30-22-26-21(29)19-16(10-18(28)25-20(19)27(22)2)15-8-7-14(23)9-17(15)24/h3-9,16H,10-11H2,1-2H3,(H,25,28). The van der Waals surface area contributed by atoms with Gasteiger partial charge in [-0.1, -0.05) is 65.3 Å². The number of amides is 1. The third-order valence-electron chi connectivity index (χ3n) is 5.26. The second-order valence-electron chi connectivity index (χ2n) is 7.21. The fourth-order valence-electron chi connectivity index (χ4n) is 3.63. The third-order valence-corrected chi connectivity index (χ3v) is 6.90. The van der Waals surface area contributed by atoms with Crippen molar-refractivity contribution in [3.8, 4) is 0 Å². The molecule has 30 heavy (non-hydrogen) atoms. The van der Waals surface area contributed by atoms with Gasteiger partial charge in [-0.3, -0.25) is 9.59 Å². The lowest BCUT2D eigenvalue weighted by atomic mass is 9.86. The number of nitrogens with zero attached hydrogens (tertiary/aromatic N) is 2. The van der Waals surface area contributed by atoms with Crippen LogP contribution in [-0.4, -0.2) is 15.5 Å². The molecule has 3 aromatic rings. The van der Waals surface area contributed by atoms with E-state index in [-0.39, 0.29) is 17.9 Å². The number of hydrogen-bond acceptors (Lipinski definition) is 4. The summed E-state index contributed by atoms with van der Waals surface area (Å²) < 4.78 is 1.77. The Kier molecular flexibility index (Phi) is 5.91. The van der Waals surface area contributed by atoms with E-state index in [9.17, 15) is 9.59 Å². The van der Waals surface area contributed by atoms with E-state index in [1.54, 1.807) is 29.8 Å². The first-order valence-corrected chi connectivity index (χ1v) is 11.1. The van der Waals surface area contributed by atoms with Crippen molar-refractivity contribution >= 4 is 46.7 Å². The van der Waals surface area contributed by atoms with Gasteiger partial charge in [0.15, 0.2) is 5.16 Å². The predicted molar refractivity (Wildman–Crippen MR) is 122 cm³/mol. The maximum Gasteiger partial charge on any atom is 0.279 e. The lowest BCUT2D eigenvalue weighted by Crippen LogP contribution is -2.33. The number of aromatic nitrogens is 2. The summed E-state index contributed by atoms with van der Waals surface area (Å²) in [5.41, 5.74) is 3.13. The summed E-state index contributed by atoms with van der Waals surface area (Å²) in [6, 6.07) is 13.2. The summed E-state index contributed by atoms with van der Waals surface area (Å²) in [6.45, 7) is 2.05. The number of benzene rings is 2. The molecule has 5 nitrogen and oxygen atoms in total. The maximum atomic E-state index is 13.0. The van der Waals surface area contributed by atoms with Gasteiger partial charge in [0.2, 0.25) is 5.91 Å². The van der Waals surface area contributed by atoms with E-state index >= 15 is 0 Å². The normalized spacial score (nSPS) is 15.6. The number of aryl methyl sites for hydroxylation is 1. The summed E-state index contributed by atoms with van der Waals surface area (Å²) in [5, 5.41) is 4.32. The predicted octanol–water partition coefficient (Wildman–Crippen LogP) is 5.16. The highest BCUT2D eigenvalue weighted by Gasteiger charge is 2.33. The molecule has 0 saturated heterocycles. The van der Waals surface area contributed by atoms with Crippen LogP contribution in [0.4, 0.5) is 5.82 Å². The van der Waals surface area contributed by atoms with E-state index in [0.29, 0.717) is 37.9 Å². The Bertz CT molecular complexity index is 1210. The van der Waals surface area contributed by atoms with E-state index < -0.39 is 5.92 Å². The van der Waals surface area contributed by atoms with Crippen LogP contribution < -0.4 is 10.9 Å². The summed E-state index contributed by atoms with van der Waals surface area (Å²) >= 11 is 13.9. The van der Waals surface area contributed by atoms with Crippen LogP contribution in [0.1, 0.15) is 34.6 Å². The molecule has 1 N–H and O–H groups in total. The monoisotopic (exact) mass is 459 g/mol. The van der Waals surface area contributed by atoms with E-state index in [1.807, 2.05) is 12.1 Å². The van der Waals surface area contributed by atoms with Crippen LogP contribution in [-0.2, 0) is 17.6 Å². The molecule has 0 saturated carbocycles. The molecule has 1 aliphatic heterocycles. The summed E-state index contributed by atoms with van der Waals surface area (Å²) in [4.78, 5) is 29.8. The fraction of sp³-hybridized carbons (Fsp3) is 0.227. The highest BCUT2D eigenvalue weighted by molar-refractivity contribution is 7.98. The Balaban J connectivity index is 1.75. The number of carbonyl (C=O) groups excluding carboxylic acids is 1. The fourth-order valence-corrected chi connectivity index (χ4v) is 5.21. The molecule has 1 unspecified atom stereocenters. The zero-order valence-corrected chi connectivity index (χ0v) is 18.7.